The van der Waals surface area contributed by atoms with Gasteiger partial charge in [-0.25, -0.2) is 4.79 Å². The zero-order valence-electron chi connectivity index (χ0n) is 17.3. The van der Waals surface area contributed by atoms with Crippen LogP contribution in [0.5, 0.6) is 5.75 Å². The van der Waals surface area contributed by atoms with Gasteiger partial charge in [-0.15, -0.1) is 0 Å². The minimum absolute atomic E-state index is 0.0654. The van der Waals surface area contributed by atoms with E-state index in [1.54, 1.807) is 12.1 Å². The fraction of sp³-hybridized carbons (Fsp3) is 0.417. The molecule has 0 fully saturated rings. The molecule has 1 aromatic heterocycles. The molecule has 1 aromatic carbocycles. The summed E-state index contributed by atoms with van der Waals surface area (Å²) in [4.78, 5) is 24.4. The Hall–Kier alpha value is -2.62. The lowest BCUT2D eigenvalue weighted by Gasteiger charge is -2.28. The molecule has 0 radical (unpaired) electrons. The third-order valence-corrected chi connectivity index (χ3v) is 5.52. The number of hydrogen-bond donors (Lipinski definition) is 0. The molecule has 148 valence electrons. The summed E-state index contributed by atoms with van der Waals surface area (Å²) < 4.78 is 11.8. The number of allylic oxidation sites excluding steroid dienone is 4. The van der Waals surface area contributed by atoms with Crippen molar-refractivity contribution in [1.82, 2.24) is 0 Å². The fourth-order valence-electron chi connectivity index (χ4n) is 3.84. The van der Waals surface area contributed by atoms with E-state index in [0.29, 0.717) is 23.3 Å². The van der Waals surface area contributed by atoms with Crippen molar-refractivity contribution in [1.29, 1.82) is 0 Å². The van der Waals surface area contributed by atoms with E-state index in [9.17, 15) is 9.59 Å². The molecule has 0 amide bonds. The topological polar surface area (TPSA) is 56.5 Å². The molecule has 2 atom stereocenters. The first-order valence-corrected chi connectivity index (χ1v) is 9.79. The quantitative estimate of drug-likeness (QED) is 0.366. The summed E-state index contributed by atoms with van der Waals surface area (Å²) in [6.07, 6.45) is 5.76. The molecule has 4 nitrogen and oxygen atoms in total. The van der Waals surface area contributed by atoms with Crippen LogP contribution in [0.4, 0.5) is 0 Å². The third-order valence-electron chi connectivity index (χ3n) is 5.52. The smallest absolute Gasteiger partial charge is 0.343 e. The fourth-order valence-corrected chi connectivity index (χ4v) is 3.84. The van der Waals surface area contributed by atoms with Crippen molar-refractivity contribution in [2.24, 2.45) is 0 Å². The average Bonchev–Trinajstić information content (AvgIpc) is 2.86. The van der Waals surface area contributed by atoms with E-state index in [2.05, 4.69) is 6.08 Å². The van der Waals surface area contributed by atoms with Crippen LogP contribution in [0.25, 0.3) is 11.0 Å². The van der Waals surface area contributed by atoms with Crippen molar-refractivity contribution in [3.05, 3.63) is 63.5 Å². The van der Waals surface area contributed by atoms with E-state index in [1.807, 2.05) is 52.8 Å². The van der Waals surface area contributed by atoms with Gasteiger partial charge in [-0.1, -0.05) is 36.3 Å². The summed E-state index contributed by atoms with van der Waals surface area (Å²) in [7, 11) is 0. The Morgan fingerprint density at radius 1 is 1.21 bits per heavy atom. The molecule has 1 unspecified atom stereocenters. The standard InChI is InChI=1S/C24H28O4/c1-15(2)13-18(25)14-16(3)9-8-12-24(5)17(4)21-22(28-24)19-10-6-7-11-20(19)27-23(21)26/h6-7,9-11,13,17H,8,12,14H2,1-5H3/b16-9+/t17-,24?/m0/s1. The third kappa shape index (κ3) is 3.96. The van der Waals surface area contributed by atoms with Crippen LogP contribution in [-0.2, 0) is 4.79 Å². The summed E-state index contributed by atoms with van der Waals surface area (Å²) in [6.45, 7) is 9.90. The average molecular weight is 380 g/mol. The van der Waals surface area contributed by atoms with Crippen LogP contribution in [0.2, 0.25) is 0 Å². The molecule has 1 aliphatic rings. The monoisotopic (exact) mass is 380 g/mol. The highest BCUT2D eigenvalue weighted by atomic mass is 16.5. The molecule has 1 aliphatic heterocycles. The molecule has 3 rings (SSSR count). The highest BCUT2D eigenvalue weighted by Crippen LogP contribution is 2.48. The lowest BCUT2D eigenvalue weighted by molar-refractivity contribution is -0.114. The van der Waals surface area contributed by atoms with Gasteiger partial charge in [-0.05, 0) is 58.7 Å². The molecule has 28 heavy (non-hydrogen) atoms. The molecule has 2 heterocycles. The Morgan fingerprint density at radius 2 is 1.93 bits per heavy atom. The predicted molar refractivity (Wildman–Crippen MR) is 112 cm³/mol. The van der Waals surface area contributed by atoms with Gasteiger partial charge in [-0.3, -0.25) is 4.79 Å². The van der Waals surface area contributed by atoms with E-state index in [1.165, 1.54) is 0 Å². The second kappa shape index (κ2) is 7.78. The van der Waals surface area contributed by atoms with E-state index in [4.69, 9.17) is 9.15 Å². The number of carbonyl (C=O) groups is 1. The van der Waals surface area contributed by atoms with Crippen LogP contribution in [0.1, 0.15) is 65.4 Å². The van der Waals surface area contributed by atoms with Crippen molar-refractivity contribution in [2.75, 3.05) is 0 Å². The van der Waals surface area contributed by atoms with Gasteiger partial charge in [-0.2, -0.15) is 0 Å². The summed E-state index contributed by atoms with van der Waals surface area (Å²) >= 11 is 0. The Morgan fingerprint density at radius 3 is 2.64 bits per heavy atom. The molecule has 0 aliphatic carbocycles. The Labute approximate surface area is 165 Å². The predicted octanol–water partition coefficient (Wildman–Crippen LogP) is 5.70. The van der Waals surface area contributed by atoms with Crippen LogP contribution in [0, 0.1) is 0 Å². The first kappa shape index (κ1) is 20.1. The zero-order valence-corrected chi connectivity index (χ0v) is 17.3. The minimum atomic E-state index is -0.484. The molecule has 2 aromatic rings. The SMILES string of the molecule is CC(C)=CC(=O)C/C(C)=C/CCC1(C)Oc2c(c(=O)oc3ccccc23)[C@@H]1C. The highest BCUT2D eigenvalue weighted by molar-refractivity contribution is 5.91. The molecule has 0 N–H and O–H groups in total. The zero-order chi connectivity index (χ0) is 20.5. The van der Waals surface area contributed by atoms with Gasteiger partial charge in [0.15, 0.2) is 5.78 Å². The lowest BCUT2D eigenvalue weighted by Crippen LogP contribution is -2.33. The number of fused-ring (bicyclic) bond motifs is 3. The number of hydrogen-bond acceptors (Lipinski definition) is 4. The molecule has 4 heteroatoms. The van der Waals surface area contributed by atoms with Crippen LogP contribution < -0.4 is 10.4 Å². The van der Waals surface area contributed by atoms with Crippen molar-refractivity contribution < 1.29 is 13.9 Å². The van der Waals surface area contributed by atoms with Crippen molar-refractivity contribution in [3.8, 4) is 5.75 Å². The maximum atomic E-state index is 12.5. The van der Waals surface area contributed by atoms with Crippen molar-refractivity contribution in [3.63, 3.8) is 0 Å². The van der Waals surface area contributed by atoms with Crippen LogP contribution in [-0.4, -0.2) is 11.4 Å². The molecular weight excluding hydrogens is 352 g/mol. The Bertz CT molecular complexity index is 1020. The largest absolute Gasteiger partial charge is 0.486 e. The molecule has 0 bridgehead atoms. The second-order valence-corrected chi connectivity index (χ2v) is 8.22. The first-order chi connectivity index (χ1) is 13.2. The lowest BCUT2D eigenvalue weighted by atomic mass is 9.84. The van der Waals surface area contributed by atoms with E-state index in [-0.39, 0.29) is 17.3 Å². The summed E-state index contributed by atoms with van der Waals surface area (Å²) in [5, 5.41) is 0.840. The van der Waals surface area contributed by atoms with Gasteiger partial charge in [0, 0.05) is 12.3 Å². The minimum Gasteiger partial charge on any atom is -0.486 e. The van der Waals surface area contributed by atoms with Gasteiger partial charge < -0.3 is 9.15 Å². The summed E-state index contributed by atoms with van der Waals surface area (Å²) in [5.74, 6) is 0.715. The maximum absolute atomic E-state index is 12.5. The Kier molecular flexibility index (Phi) is 5.59. The Balaban J connectivity index is 1.76. The molecule has 0 saturated carbocycles. The van der Waals surface area contributed by atoms with Gasteiger partial charge in [0.2, 0.25) is 0 Å². The maximum Gasteiger partial charge on any atom is 0.343 e. The number of rotatable bonds is 6. The van der Waals surface area contributed by atoms with E-state index < -0.39 is 5.60 Å². The van der Waals surface area contributed by atoms with E-state index in [0.717, 1.165) is 29.4 Å². The van der Waals surface area contributed by atoms with Crippen LogP contribution >= 0.6 is 0 Å². The van der Waals surface area contributed by atoms with Gasteiger partial charge in [0.25, 0.3) is 0 Å². The van der Waals surface area contributed by atoms with Crippen molar-refractivity contribution >= 4 is 16.8 Å². The highest BCUT2D eigenvalue weighted by Gasteiger charge is 2.44. The molecule has 0 saturated heterocycles. The van der Waals surface area contributed by atoms with Gasteiger partial charge in [0.1, 0.15) is 16.9 Å². The second-order valence-electron chi connectivity index (χ2n) is 8.22. The number of ether oxygens (including phenoxy) is 1. The number of benzene rings is 1. The van der Waals surface area contributed by atoms with Crippen LogP contribution in [0.3, 0.4) is 0 Å². The number of para-hydroxylation sites is 1. The molecular formula is C24H28O4. The van der Waals surface area contributed by atoms with Crippen LogP contribution in [0.15, 0.2) is 56.8 Å². The van der Waals surface area contributed by atoms with Crippen molar-refractivity contribution in [2.45, 2.75) is 65.4 Å². The molecule has 0 spiro atoms. The number of ketones is 1. The summed E-state index contributed by atoms with van der Waals surface area (Å²) in [5.41, 5.74) is 2.45. The summed E-state index contributed by atoms with van der Waals surface area (Å²) in [6, 6.07) is 7.48. The number of carbonyl (C=O) groups excluding carboxylic acids is 1. The van der Waals surface area contributed by atoms with Gasteiger partial charge >= 0.3 is 5.63 Å². The van der Waals surface area contributed by atoms with E-state index >= 15 is 0 Å². The van der Waals surface area contributed by atoms with Gasteiger partial charge in [0.05, 0.1) is 10.9 Å². The normalized spacial score (nSPS) is 21.3. The first-order valence-electron chi connectivity index (χ1n) is 9.79.